The number of halogens is 1. The molecular weight excluding hydrogens is 290 g/mol. The summed E-state index contributed by atoms with van der Waals surface area (Å²) in [6.45, 7) is 4.81. The van der Waals surface area contributed by atoms with Crippen molar-refractivity contribution >= 4 is 24.2 Å². The zero-order valence-corrected chi connectivity index (χ0v) is 13.1. The van der Waals surface area contributed by atoms with Crippen molar-refractivity contribution in [2.24, 2.45) is 5.73 Å². The Morgan fingerprint density at radius 1 is 1.00 bits per heavy atom. The molecule has 2 N–H and O–H groups in total. The highest BCUT2D eigenvalue weighted by Gasteiger charge is 2.31. The van der Waals surface area contributed by atoms with E-state index in [1.54, 1.807) is 9.80 Å². The average molecular weight is 312 g/mol. The number of hydrogen-bond donors (Lipinski definition) is 1. The smallest absolute Gasteiger partial charge is 0.312 e. The molecule has 1 aliphatic heterocycles. The molecule has 0 spiro atoms. The minimum Gasteiger partial charge on any atom is -0.333 e. The fourth-order valence-corrected chi connectivity index (χ4v) is 2.37. The Balaban J connectivity index is 0.00000220. The van der Waals surface area contributed by atoms with Crippen molar-refractivity contribution in [1.82, 2.24) is 9.80 Å². The van der Waals surface area contributed by atoms with E-state index in [1.165, 1.54) is 5.56 Å². The first-order chi connectivity index (χ1) is 9.65. The summed E-state index contributed by atoms with van der Waals surface area (Å²) in [7, 11) is 0. The van der Waals surface area contributed by atoms with Gasteiger partial charge in [-0.3, -0.25) is 9.59 Å². The molecule has 1 saturated heterocycles. The van der Waals surface area contributed by atoms with Gasteiger partial charge in [-0.25, -0.2) is 0 Å². The molecule has 2 amide bonds. The first-order valence-corrected chi connectivity index (χ1v) is 7.01. The van der Waals surface area contributed by atoms with E-state index in [4.69, 9.17) is 5.73 Å². The van der Waals surface area contributed by atoms with Crippen LogP contribution in [0.3, 0.4) is 0 Å². The van der Waals surface area contributed by atoms with E-state index < -0.39 is 11.8 Å². The minimum absolute atomic E-state index is 0. The highest BCUT2D eigenvalue weighted by molar-refractivity contribution is 6.35. The van der Waals surface area contributed by atoms with Crippen molar-refractivity contribution in [2.75, 3.05) is 26.2 Å². The van der Waals surface area contributed by atoms with Crippen molar-refractivity contribution in [3.05, 3.63) is 35.4 Å². The molecule has 1 heterocycles. The zero-order valence-electron chi connectivity index (χ0n) is 12.2. The molecule has 5 nitrogen and oxygen atoms in total. The highest BCUT2D eigenvalue weighted by atomic mass is 35.5. The summed E-state index contributed by atoms with van der Waals surface area (Å²) < 4.78 is 0. The third kappa shape index (κ3) is 4.19. The quantitative estimate of drug-likeness (QED) is 0.818. The number of hydrogen-bond acceptors (Lipinski definition) is 3. The topological polar surface area (TPSA) is 66.6 Å². The maximum absolute atomic E-state index is 12.0. The number of nitrogens with zero attached hydrogens (tertiary/aromatic N) is 2. The van der Waals surface area contributed by atoms with Crippen LogP contribution < -0.4 is 5.73 Å². The van der Waals surface area contributed by atoms with Gasteiger partial charge in [0.25, 0.3) is 0 Å². The Morgan fingerprint density at radius 3 is 2.10 bits per heavy atom. The molecular formula is C15H22ClN3O2. The molecule has 0 radical (unpaired) electrons. The molecule has 116 valence electrons. The highest BCUT2D eigenvalue weighted by Crippen LogP contribution is 2.12. The molecule has 1 aromatic rings. The second-order valence-corrected chi connectivity index (χ2v) is 4.97. The molecule has 0 bridgehead atoms. The Hall–Kier alpha value is -1.59. The first-order valence-electron chi connectivity index (χ1n) is 7.01. The van der Waals surface area contributed by atoms with Gasteiger partial charge in [0.05, 0.1) is 0 Å². The first kappa shape index (κ1) is 17.5. The lowest BCUT2D eigenvalue weighted by molar-refractivity contribution is -0.156. The fraction of sp³-hybridized carbons (Fsp3) is 0.467. The standard InChI is InChI=1S/C15H21N3O2.ClH/c1-2-17-9-10-18(15(20)14(17)19)11-13-5-3-12(4-6-13)7-8-16;/h3-6H,2,7-11,16H2,1H3;1H. The number of nitrogens with two attached hydrogens (primary N) is 1. The molecule has 2 rings (SSSR count). The van der Waals surface area contributed by atoms with Gasteiger partial charge >= 0.3 is 11.8 Å². The predicted molar refractivity (Wildman–Crippen MR) is 84.1 cm³/mol. The van der Waals surface area contributed by atoms with E-state index in [1.807, 2.05) is 31.2 Å². The lowest BCUT2D eigenvalue weighted by Gasteiger charge is -2.33. The molecule has 0 aliphatic carbocycles. The Kier molecular flexibility index (Phi) is 6.65. The van der Waals surface area contributed by atoms with Gasteiger partial charge in [-0.2, -0.15) is 0 Å². The Bertz CT molecular complexity index is 490. The molecule has 1 aromatic carbocycles. The van der Waals surface area contributed by atoms with Gasteiger partial charge in [0.15, 0.2) is 0 Å². The van der Waals surface area contributed by atoms with E-state index in [9.17, 15) is 9.59 Å². The number of carbonyl (C=O) groups excluding carboxylic acids is 2. The van der Waals surface area contributed by atoms with Gasteiger partial charge < -0.3 is 15.5 Å². The summed E-state index contributed by atoms with van der Waals surface area (Å²) in [6.07, 6.45) is 0.854. The maximum atomic E-state index is 12.0. The van der Waals surface area contributed by atoms with Crippen LogP contribution in [-0.4, -0.2) is 47.8 Å². The van der Waals surface area contributed by atoms with Crippen LogP contribution in [0.1, 0.15) is 18.1 Å². The van der Waals surface area contributed by atoms with Crippen LogP contribution in [0.25, 0.3) is 0 Å². The third-order valence-corrected chi connectivity index (χ3v) is 3.61. The summed E-state index contributed by atoms with van der Waals surface area (Å²) in [4.78, 5) is 27.0. The maximum Gasteiger partial charge on any atom is 0.312 e. The fourth-order valence-electron chi connectivity index (χ4n) is 2.37. The van der Waals surface area contributed by atoms with E-state index in [2.05, 4.69) is 0 Å². The van der Waals surface area contributed by atoms with Crippen molar-refractivity contribution in [3.8, 4) is 0 Å². The Labute approximate surface area is 131 Å². The van der Waals surface area contributed by atoms with Gasteiger partial charge in [0, 0.05) is 26.2 Å². The Morgan fingerprint density at radius 2 is 1.52 bits per heavy atom. The van der Waals surface area contributed by atoms with Crippen LogP contribution in [0, 0.1) is 0 Å². The second-order valence-electron chi connectivity index (χ2n) is 4.97. The van der Waals surface area contributed by atoms with Crippen LogP contribution >= 0.6 is 12.4 Å². The summed E-state index contributed by atoms with van der Waals surface area (Å²) in [6, 6.07) is 8.04. The summed E-state index contributed by atoms with van der Waals surface area (Å²) in [5.41, 5.74) is 7.74. The van der Waals surface area contributed by atoms with Crippen molar-refractivity contribution < 1.29 is 9.59 Å². The van der Waals surface area contributed by atoms with Crippen molar-refractivity contribution in [1.29, 1.82) is 0 Å². The number of rotatable bonds is 5. The monoisotopic (exact) mass is 311 g/mol. The molecule has 6 heteroatoms. The van der Waals surface area contributed by atoms with Crippen LogP contribution in [0.15, 0.2) is 24.3 Å². The molecule has 0 unspecified atom stereocenters. The lowest BCUT2D eigenvalue weighted by Crippen LogP contribution is -2.53. The van der Waals surface area contributed by atoms with Crippen molar-refractivity contribution in [2.45, 2.75) is 19.9 Å². The van der Waals surface area contributed by atoms with E-state index >= 15 is 0 Å². The molecule has 0 atom stereocenters. The van der Waals surface area contributed by atoms with Crippen LogP contribution in [0.4, 0.5) is 0 Å². The molecule has 0 aromatic heterocycles. The predicted octanol–water partition coefficient (Wildman–Crippen LogP) is 0.800. The zero-order chi connectivity index (χ0) is 14.5. The van der Waals surface area contributed by atoms with Gasteiger partial charge in [0.2, 0.25) is 0 Å². The lowest BCUT2D eigenvalue weighted by atomic mass is 10.1. The third-order valence-electron chi connectivity index (χ3n) is 3.61. The largest absolute Gasteiger partial charge is 0.333 e. The van der Waals surface area contributed by atoms with Gasteiger partial charge in [0.1, 0.15) is 0 Å². The van der Waals surface area contributed by atoms with Crippen LogP contribution in [0.5, 0.6) is 0 Å². The van der Waals surface area contributed by atoms with E-state index in [0.29, 0.717) is 32.7 Å². The summed E-state index contributed by atoms with van der Waals surface area (Å²) >= 11 is 0. The van der Waals surface area contributed by atoms with Crippen molar-refractivity contribution in [3.63, 3.8) is 0 Å². The van der Waals surface area contributed by atoms with Gasteiger partial charge in [-0.1, -0.05) is 24.3 Å². The van der Waals surface area contributed by atoms with Gasteiger partial charge in [-0.15, -0.1) is 12.4 Å². The number of likely N-dealkylation sites (N-methyl/N-ethyl adjacent to an activating group) is 1. The summed E-state index contributed by atoms with van der Waals surface area (Å²) in [5.74, 6) is -0.789. The normalized spacial score (nSPS) is 15.1. The number of benzene rings is 1. The van der Waals surface area contributed by atoms with E-state index in [-0.39, 0.29) is 12.4 Å². The molecule has 1 aliphatic rings. The van der Waals surface area contributed by atoms with E-state index in [0.717, 1.165) is 12.0 Å². The SMILES string of the molecule is CCN1CCN(Cc2ccc(CCN)cc2)C(=O)C1=O.Cl. The van der Waals surface area contributed by atoms with Crippen LogP contribution in [-0.2, 0) is 22.6 Å². The minimum atomic E-state index is -0.399. The van der Waals surface area contributed by atoms with Gasteiger partial charge in [-0.05, 0) is 31.0 Å². The number of piperazine rings is 1. The van der Waals surface area contributed by atoms with Crippen LogP contribution in [0.2, 0.25) is 0 Å². The second kappa shape index (κ2) is 8.00. The average Bonchev–Trinajstić information content (AvgIpc) is 2.46. The molecule has 0 saturated carbocycles. The molecule has 1 fully saturated rings. The molecule has 21 heavy (non-hydrogen) atoms. The summed E-state index contributed by atoms with van der Waals surface area (Å²) in [5, 5.41) is 0. The number of amides is 2. The number of carbonyl (C=O) groups is 2.